The molecule has 0 bridgehead atoms. The summed E-state index contributed by atoms with van der Waals surface area (Å²) in [5.41, 5.74) is 0. The number of hydrogen-bond donors (Lipinski definition) is 2. The number of nitrogens with one attached hydrogen (secondary N) is 1. The fraction of sp³-hybridized carbons (Fsp3) is 0.583. The monoisotopic (exact) mass is 223 g/mol. The van der Waals surface area contributed by atoms with Gasteiger partial charge in [0.2, 0.25) is 5.76 Å². The maximum atomic E-state index is 10.6. The average Bonchev–Trinajstić information content (AvgIpc) is 2.83. The Hall–Kier alpha value is -1.45. The molecule has 1 saturated carbocycles. The summed E-state index contributed by atoms with van der Waals surface area (Å²) in [5, 5.41) is 11.9. The number of aromatic carboxylic acids is 1. The molecule has 0 amide bonds. The molecule has 0 aromatic carbocycles. The Bertz CT molecular complexity index is 372. The largest absolute Gasteiger partial charge is 0.475 e. The quantitative estimate of drug-likeness (QED) is 0.823. The third-order valence-electron chi connectivity index (χ3n) is 3.39. The van der Waals surface area contributed by atoms with Gasteiger partial charge < -0.3 is 14.8 Å². The normalized spacial score (nSPS) is 24.6. The number of carboxylic acids is 1. The van der Waals surface area contributed by atoms with Crippen LogP contribution in [0.25, 0.3) is 0 Å². The van der Waals surface area contributed by atoms with E-state index in [2.05, 4.69) is 12.2 Å². The summed E-state index contributed by atoms with van der Waals surface area (Å²) >= 11 is 0. The predicted molar refractivity (Wildman–Crippen MR) is 60.7 cm³/mol. The Morgan fingerprint density at radius 2 is 2.38 bits per heavy atom. The Labute approximate surface area is 94.6 Å². The number of anilines is 1. The van der Waals surface area contributed by atoms with Gasteiger partial charge in [0.1, 0.15) is 0 Å². The van der Waals surface area contributed by atoms with Crippen LogP contribution in [0.1, 0.15) is 36.7 Å². The lowest BCUT2D eigenvalue weighted by atomic mass is 9.98. The van der Waals surface area contributed by atoms with E-state index in [0.717, 1.165) is 12.5 Å². The maximum Gasteiger partial charge on any atom is 0.371 e. The molecule has 0 saturated heterocycles. The van der Waals surface area contributed by atoms with Crippen molar-refractivity contribution in [3.8, 4) is 0 Å². The number of hydrogen-bond acceptors (Lipinski definition) is 3. The van der Waals surface area contributed by atoms with Crippen molar-refractivity contribution in [1.82, 2.24) is 0 Å². The molecule has 1 aliphatic rings. The number of furan rings is 1. The lowest BCUT2D eigenvalue weighted by Crippen LogP contribution is -2.16. The summed E-state index contributed by atoms with van der Waals surface area (Å²) in [6.07, 6.45) is 3.84. The molecular weight excluding hydrogens is 206 g/mol. The Kier molecular flexibility index (Phi) is 3.17. The molecule has 1 heterocycles. The minimum Gasteiger partial charge on any atom is -0.475 e. The molecule has 1 aliphatic carbocycles. The molecule has 4 nitrogen and oxygen atoms in total. The van der Waals surface area contributed by atoms with E-state index in [0.29, 0.717) is 11.8 Å². The number of carbonyl (C=O) groups is 1. The SMILES string of the molecule is CC1CCCC1CNc1ccc(C(=O)O)o1. The second-order valence-corrected chi connectivity index (χ2v) is 4.52. The van der Waals surface area contributed by atoms with Gasteiger partial charge in [0.25, 0.3) is 0 Å². The summed E-state index contributed by atoms with van der Waals surface area (Å²) in [4.78, 5) is 10.6. The Morgan fingerprint density at radius 1 is 1.56 bits per heavy atom. The second kappa shape index (κ2) is 4.60. The van der Waals surface area contributed by atoms with Gasteiger partial charge in [0.05, 0.1) is 0 Å². The minimum absolute atomic E-state index is 0.0121. The smallest absolute Gasteiger partial charge is 0.371 e. The zero-order chi connectivity index (χ0) is 11.5. The zero-order valence-corrected chi connectivity index (χ0v) is 9.40. The number of rotatable bonds is 4. The van der Waals surface area contributed by atoms with Gasteiger partial charge >= 0.3 is 5.97 Å². The van der Waals surface area contributed by atoms with E-state index in [1.165, 1.54) is 25.3 Å². The van der Waals surface area contributed by atoms with Gasteiger partial charge in [0, 0.05) is 12.6 Å². The number of carboxylic acid groups (broad SMARTS) is 1. The summed E-state index contributed by atoms with van der Waals surface area (Å²) in [5.74, 6) is 0.945. The fourth-order valence-electron chi connectivity index (χ4n) is 2.30. The van der Waals surface area contributed by atoms with Crippen LogP contribution in [0.2, 0.25) is 0 Å². The summed E-state index contributed by atoms with van der Waals surface area (Å²) in [7, 11) is 0. The van der Waals surface area contributed by atoms with E-state index in [-0.39, 0.29) is 5.76 Å². The van der Waals surface area contributed by atoms with Gasteiger partial charge in [-0.1, -0.05) is 19.8 Å². The zero-order valence-electron chi connectivity index (χ0n) is 9.40. The average molecular weight is 223 g/mol. The molecule has 1 fully saturated rings. The topological polar surface area (TPSA) is 62.5 Å². The van der Waals surface area contributed by atoms with Crippen molar-refractivity contribution < 1.29 is 14.3 Å². The lowest BCUT2D eigenvalue weighted by molar-refractivity contribution is 0.0663. The van der Waals surface area contributed by atoms with Crippen molar-refractivity contribution in [1.29, 1.82) is 0 Å². The highest BCUT2D eigenvalue weighted by molar-refractivity contribution is 5.84. The van der Waals surface area contributed by atoms with Crippen molar-refractivity contribution in [3.63, 3.8) is 0 Å². The fourth-order valence-corrected chi connectivity index (χ4v) is 2.30. The maximum absolute atomic E-state index is 10.6. The lowest BCUT2D eigenvalue weighted by Gasteiger charge is -2.15. The van der Waals surface area contributed by atoms with E-state index < -0.39 is 5.97 Å². The van der Waals surface area contributed by atoms with E-state index >= 15 is 0 Å². The highest BCUT2D eigenvalue weighted by atomic mass is 16.4. The van der Waals surface area contributed by atoms with Crippen LogP contribution in [0.3, 0.4) is 0 Å². The van der Waals surface area contributed by atoms with Crippen LogP contribution in [0, 0.1) is 11.8 Å². The molecule has 0 radical (unpaired) electrons. The first-order valence-electron chi connectivity index (χ1n) is 5.74. The van der Waals surface area contributed by atoms with Crippen LogP contribution in [-0.2, 0) is 0 Å². The van der Waals surface area contributed by atoms with Crippen molar-refractivity contribution in [3.05, 3.63) is 17.9 Å². The molecule has 2 unspecified atom stereocenters. The summed E-state index contributed by atoms with van der Waals surface area (Å²) in [6.45, 7) is 3.14. The summed E-state index contributed by atoms with van der Waals surface area (Å²) < 4.78 is 5.13. The molecular formula is C12H17NO3. The minimum atomic E-state index is -1.03. The van der Waals surface area contributed by atoms with Crippen LogP contribution in [0.5, 0.6) is 0 Å². The first-order valence-corrected chi connectivity index (χ1v) is 5.74. The predicted octanol–water partition coefficient (Wildman–Crippen LogP) is 2.83. The van der Waals surface area contributed by atoms with Gasteiger partial charge in [-0.25, -0.2) is 4.79 Å². The van der Waals surface area contributed by atoms with Crippen LogP contribution in [0.4, 0.5) is 5.88 Å². The molecule has 2 rings (SSSR count). The van der Waals surface area contributed by atoms with Gasteiger partial charge in [0.15, 0.2) is 5.88 Å². The molecule has 0 aliphatic heterocycles. The van der Waals surface area contributed by atoms with E-state index in [1.807, 2.05) is 0 Å². The van der Waals surface area contributed by atoms with Crippen molar-refractivity contribution >= 4 is 11.9 Å². The van der Waals surface area contributed by atoms with Crippen LogP contribution in [-0.4, -0.2) is 17.6 Å². The molecule has 0 spiro atoms. The molecule has 2 atom stereocenters. The van der Waals surface area contributed by atoms with Crippen molar-refractivity contribution in [2.24, 2.45) is 11.8 Å². The van der Waals surface area contributed by atoms with Gasteiger partial charge in [-0.3, -0.25) is 0 Å². The van der Waals surface area contributed by atoms with Crippen LogP contribution >= 0.6 is 0 Å². The molecule has 2 N–H and O–H groups in total. The third kappa shape index (κ3) is 2.38. The van der Waals surface area contributed by atoms with Gasteiger partial charge in [-0.2, -0.15) is 0 Å². The standard InChI is InChI=1S/C12H17NO3/c1-8-3-2-4-9(8)7-13-11-6-5-10(16-11)12(14)15/h5-6,8-9,13H,2-4,7H2,1H3,(H,14,15). The molecule has 1 aromatic heterocycles. The van der Waals surface area contributed by atoms with Gasteiger partial charge in [-0.05, 0) is 24.3 Å². The molecule has 88 valence electrons. The van der Waals surface area contributed by atoms with E-state index in [4.69, 9.17) is 9.52 Å². The Balaban J connectivity index is 1.87. The van der Waals surface area contributed by atoms with Crippen molar-refractivity contribution in [2.45, 2.75) is 26.2 Å². The first-order chi connectivity index (χ1) is 7.66. The molecule has 4 heteroatoms. The van der Waals surface area contributed by atoms with Crippen molar-refractivity contribution in [2.75, 3.05) is 11.9 Å². The second-order valence-electron chi connectivity index (χ2n) is 4.52. The highest BCUT2D eigenvalue weighted by Crippen LogP contribution is 2.31. The highest BCUT2D eigenvalue weighted by Gasteiger charge is 2.23. The molecule has 1 aromatic rings. The third-order valence-corrected chi connectivity index (χ3v) is 3.39. The first kappa shape index (κ1) is 11.0. The van der Waals surface area contributed by atoms with E-state index in [1.54, 1.807) is 6.07 Å². The Morgan fingerprint density at radius 3 is 2.94 bits per heavy atom. The molecule has 16 heavy (non-hydrogen) atoms. The van der Waals surface area contributed by atoms with Gasteiger partial charge in [-0.15, -0.1) is 0 Å². The summed E-state index contributed by atoms with van der Waals surface area (Å²) in [6, 6.07) is 3.14. The van der Waals surface area contributed by atoms with Crippen LogP contribution < -0.4 is 5.32 Å². The van der Waals surface area contributed by atoms with E-state index in [9.17, 15) is 4.79 Å². The van der Waals surface area contributed by atoms with Crippen LogP contribution in [0.15, 0.2) is 16.5 Å².